The van der Waals surface area contributed by atoms with Crippen LogP contribution in [-0.2, 0) is 13.3 Å². The van der Waals surface area contributed by atoms with Crippen LogP contribution < -0.4 is 0 Å². The van der Waals surface area contributed by atoms with E-state index in [1.807, 2.05) is 0 Å². The summed E-state index contributed by atoms with van der Waals surface area (Å²) in [6.45, 7) is -0.109. The van der Waals surface area contributed by atoms with Crippen LogP contribution in [0.1, 0.15) is 0 Å². The van der Waals surface area contributed by atoms with Crippen molar-refractivity contribution in [2.75, 3.05) is 13.2 Å². The standard InChI is InChI=1S/C2H7O5PS/c3-8(4,5)6-1-2-7-9/h9H,1-2H2,(H2,3,4,5). The summed E-state index contributed by atoms with van der Waals surface area (Å²) in [6, 6.07) is 0. The van der Waals surface area contributed by atoms with Crippen LogP contribution in [0.15, 0.2) is 0 Å². The molecule has 9 heavy (non-hydrogen) atoms. The lowest BCUT2D eigenvalue weighted by atomic mass is 10.8. The van der Waals surface area contributed by atoms with E-state index in [9.17, 15) is 4.57 Å². The van der Waals surface area contributed by atoms with Gasteiger partial charge in [0.15, 0.2) is 0 Å². The van der Waals surface area contributed by atoms with E-state index >= 15 is 0 Å². The molecular weight excluding hydrogens is 167 g/mol. The smallest absolute Gasteiger partial charge is 0.316 e. The Balaban J connectivity index is 3.18. The van der Waals surface area contributed by atoms with Crippen LogP contribution >= 0.6 is 20.7 Å². The zero-order valence-electron chi connectivity index (χ0n) is 4.43. The monoisotopic (exact) mass is 174 g/mol. The van der Waals surface area contributed by atoms with E-state index in [0.717, 1.165) is 0 Å². The summed E-state index contributed by atoms with van der Waals surface area (Å²) in [5.74, 6) is 0. The zero-order valence-corrected chi connectivity index (χ0v) is 6.22. The van der Waals surface area contributed by atoms with Crippen molar-refractivity contribution in [3.05, 3.63) is 0 Å². The second-order valence-corrected chi connectivity index (χ2v) is 2.65. The molecule has 0 bridgehead atoms. The van der Waals surface area contributed by atoms with Gasteiger partial charge in [0.1, 0.15) is 0 Å². The Labute approximate surface area is 57.8 Å². The van der Waals surface area contributed by atoms with E-state index in [4.69, 9.17) is 9.79 Å². The fourth-order valence-corrected chi connectivity index (χ4v) is 0.580. The van der Waals surface area contributed by atoms with Gasteiger partial charge in [-0.05, 0) is 12.9 Å². The van der Waals surface area contributed by atoms with Crippen molar-refractivity contribution in [1.82, 2.24) is 0 Å². The lowest BCUT2D eigenvalue weighted by molar-refractivity contribution is 0.170. The summed E-state index contributed by atoms with van der Waals surface area (Å²) in [6.07, 6.45) is 0. The highest BCUT2D eigenvalue weighted by atomic mass is 32.1. The van der Waals surface area contributed by atoms with Crippen LogP contribution in [0.2, 0.25) is 0 Å². The molecule has 0 aromatic heterocycles. The van der Waals surface area contributed by atoms with Crippen molar-refractivity contribution >= 4 is 20.7 Å². The van der Waals surface area contributed by atoms with Gasteiger partial charge in [-0.3, -0.25) is 4.52 Å². The maximum atomic E-state index is 9.90. The molecule has 0 aliphatic rings. The summed E-state index contributed by atoms with van der Waals surface area (Å²) in [5, 5.41) is 0. The number of hydrogen-bond donors (Lipinski definition) is 3. The molecule has 0 fully saturated rings. The second kappa shape index (κ2) is 4.27. The lowest BCUT2D eigenvalue weighted by Gasteiger charge is -2.01. The molecule has 0 saturated heterocycles. The Morgan fingerprint density at radius 3 is 2.33 bits per heavy atom. The Kier molecular flexibility index (Phi) is 4.47. The highest BCUT2D eigenvalue weighted by Crippen LogP contribution is 2.35. The molecule has 7 heteroatoms. The van der Waals surface area contributed by atoms with Crippen LogP contribution in [0.25, 0.3) is 0 Å². The zero-order chi connectivity index (χ0) is 7.33. The Bertz CT molecular complexity index is 110. The highest BCUT2D eigenvalue weighted by molar-refractivity contribution is 7.75. The average molecular weight is 174 g/mol. The molecule has 2 N–H and O–H groups in total. The highest BCUT2D eigenvalue weighted by Gasteiger charge is 2.11. The molecule has 0 saturated carbocycles. The SMILES string of the molecule is O=P(O)(O)OCCOS. The van der Waals surface area contributed by atoms with E-state index < -0.39 is 7.82 Å². The van der Waals surface area contributed by atoms with Gasteiger partial charge in [-0.2, -0.15) is 0 Å². The summed E-state index contributed by atoms with van der Waals surface area (Å²) in [4.78, 5) is 16.1. The van der Waals surface area contributed by atoms with E-state index in [1.54, 1.807) is 0 Å². The largest absolute Gasteiger partial charge is 0.469 e. The topological polar surface area (TPSA) is 76.0 Å². The van der Waals surface area contributed by atoms with Gasteiger partial charge in [-0.1, -0.05) is 0 Å². The molecule has 0 unspecified atom stereocenters. The third-order valence-electron chi connectivity index (χ3n) is 0.434. The molecule has 56 valence electrons. The van der Waals surface area contributed by atoms with Crippen LogP contribution in [0, 0.1) is 0 Å². The number of rotatable bonds is 4. The molecular formula is C2H7O5PS. The third kappa shape index (κ3) is 8.42. The normalized spacial score (nSPS) is 11.9. The van der Waals surface area contributed by atoms with Crippen molar-refractivity contribution in [1.29, 1.82) is 0 Å². The molecule has 0 aliphatic heterocycles. The van der Waals surface area contributed by atoms with Crippen LogP contribution in [0.4, 0.5) is 0 Å². The summed E-state index contributed by atoms with van der Waals surface area (Å²) in [7, 11) is -4.31. The van der Waals surface area contributed by atoms with Crippen molar-refractivity contribution < 1.29 is 23.1 Å². The van der Waals surface area contributed by atoms with Crippen LogP contribution in [0.5, 0.6) is 0 Å². The molecule has 0 radical (unpaired) electrons. The fraction of sp³-hybridized carbons (Fsp3) is 1.00. The van der Waals surface area contributed by atoms with E-state index in [2.05, 4.69) is 21.6 Å². The maximum absolute atomic E-state index is 9.90. The van der Waals surface area contributed by atoms with Gasteiger partial charge in [-0.15, -0.1) is 0 Å². The minimum atomic E-state index is -4.31. The van der Waals surface area contributed by atoms with Crippen molar-refractivity contribution in [2.45, 2.75) is 0 Å². The summed E-state index contributed by atoms with van der Waals surface area (Å²) in [5.41, 5.74) is 0. The van der Waals surface area contributed by atoms with Gasteiger partial charge in [0.2, 0.25) is 0 Å². The van der Waals surface area contributed by atoms with Gasteiger partial charge in [-0.25, -0.2) is 4.57 Å². The quantitative estimate of drug-likeness (QED) is 0.241. The summed E-state index contributed by atoms with van der Waals surface area (Å²) >= 11 is 3.32. The van der Waals surface area contributed by atoms with Gasteiger partial charge in [0.05, 0.1) is 13.2 Å². The van der Waals surface area contributed by atoms with Gasteiger partial charge in [0, 0.05) is 0 Å². The maximum Gasteiger partial charge on any atom is 0.469 e. The van der Waals surface area contributed by atoms with E-state index in [1.165, 1.54) is 0 Å². The minimum absolute atomic E-state index is 0.0498. The fourth-order valence-electron chi connectivity index (χ4n) is 0.193. The van der Waals surface area contributed by atoms with Gasteiger partial charge in [0.25, 0.3) is 0 Å². The molecule has 0 amide bonds. The van der Waals surface area contributed by atoms with Crippen LogP contribution in [-0.4, -0.2) is 23.0 Å². The first-order chi connectivity index (χ1) is 4.06. The molecule has 0 aromatic rings. The van der Waals surface area contributed by atoms with Crippen molar-refractivity contribution in [3.8, 4) is 0 Å². The average Bonchev–Trinajstić information content (AvgIpc) is 1.63. The first-order valence-corrected chi connectivity index (χ1v) is 3.92. The van der Waals surface area contributed by atoms with E-state index in [0.29, 0.717) is 0 Å². The molecule has 0 heterocycles. The molecule has 0 atom stereocenters. The van der Waals surface area contributed by atoms with Crippen molar-refractivity contribution in [3.63, 3.8) is 0 Å². The number of phosphoric acid groups is 1. The van der Waals surface area contributed by atoms with E-state index in [-0.39, 0.29) is 13.2 Å². The molecule has 0 aromatic carbocycles. The minimum Gasteiger partial charge on any atom is -0.316 e. The predicted octanol–water partition coefficient (Wildman–Crippen LogP) is -0.0429. The number of thiol groups is 1. The molecule has 0 aliphatic carbocycles. The van der Waals surface area contributed by atoms with Crippen LogP contribution in [0.3, 0.4) is 0 Å². The second-order valence-electron chi connectivity index (χ2n) is 1.16. The first-order valence-electron chi connectivity index (χ1n) is 2.03. The van der Waals surface area contributed by atoms with Gasteiger partial charge >= 0.3 is 7.82 Å². The Morgan fingerprint density at radius 1 is 1.44 bits per heavy atom. The molecule has 5 nitrogen and oxygen atoms in total. The molecule has 0 rings (SSSR count). The Morgan fingerprint density at radius 2 is 2.00 bits per heavy atom. The third-order valence-corrected chi connectivity index (χ3v) is 1.14. The molecule has 0 spiro atoms. The predicted molar refractivity (Wildman–Crippen MR) is 32.9 cm³/mol. The summed E-state index contributed by atoms with van der Waals surface area (Å²) < 4.78 is 18.0. The number of hydrogen-bond acceptors (Lipinski definition) is 4. The van der Waals surface area contributed by atoms with Crippen molar-refractivity contribution in [2.24, 2.45) is 0 Å². The lowest BCUT2D eigenvalue weighted by Crippen LogP contribution is -1.97. The number of phosphoric ester groups is 1. The Hall–Kier alpha value is 0.420. The first kappa shape index (κ1) is 9.42. The van der Waals surface area contributed by atoms with Gasteiger partial charge < -0.3 is 14.0 Å².